The summed E-state index contributed by atoms with van der Waals surface area (Å²) >= 11 is 6.63. The number of halogens is 1. The molecule has 0 bridgehead atoms. The first-order valence-corrected chi connectivity index (χ1v) is 7.46. The zero-order valence-corrected chi connectivity index (χ0v) is 12.5. The Balaban J connectivity index is 1.80. The quantitative estimate of drug-likeness (QED) is 0.759. The lowest BCUT2D eigenvalue weighted by Crippen LogP contribution is -2.24. The summed E-state index contributed by atoms with van der Waals surface area (Å²) in [4.78, 5) is 0. The van der Waals surface area contributed by atoms with Crippen LogP contribution < -0.4 is 4.74 Å². The molecule has 2 aliphatic heterocycles. The van der Waals surface area contributed by atoms with Crippen molar-refractivity contribution in [3.8, 4) is 5.75 Å². The van der Waals surface area contributed by atoms with Crippen LogP contribution in [0.1, 0.15) is 43.7 Å². The Morgan fingerprint density at radius 3 is 2.84 bits per heavy atom. The molecular formula is C16H21ClO2. The Morgan fingerprint density at radius 1 is 1.37 bits per heavy atom. The second-order valence-electron chi connectivity index (χ2n) is 6.45. The highest BCUT2D eigenvalue weighted by Gasteiger charge is 2.33. The van der Waals surface area contributed by atoms with Gasteiger partial charge in [-0.05, 0) is 44.4 Å². The van der Waals surface area contributed by atoms with Crippen molar-refractivity contribution in [3.05, 3.63) is 29.3 Å². The van der Waals surface area contributed by atoms with E-state index in [0.717, 1.165) is 25.2 Å². The first-order valence-electron chi connectivity index (χ1n) is 7.02. The van der Waals surface area contributed by atoms with Crippen LogP contribution in [0, 0.1) is 5.92 Å². The molecule has 1 fully saturated rings. The molecule has 2 nitrogen and oxygen atoms in total. The molecule has 3 atom stereocenters. The van der Waals surface area contributed by atoms with E-state index in [4.69, 9.17) is 21.1 Å². The summed E-state index contributed by atoms with van der Waals surface area (Å²) in [6, 6.07) is 6.37. The highest BCUT2D eigenvalue weighted by atomic mass is 35.5. The third-order valence-corrected chi connectivity index (χ3v) is 4.66. The molecule has 1 aromatic rings. The number of ether oxygens (including phenoxy) is 2. The van der Waals surface area contributed by atoms with Gasteiger partial charge >= 0.3 is 0 Å². The average molecular weight is 281 g/mol. The molecule has 0 spiro atoms. The van der Waals surface area contributed by atoms with E-state index in [1.165, 1.54) is 11.1 Å². The van der Waals surface area contributed by atoms with E-state index < -0.39 is 0 Å². The van der Waals surface area contributed by atoms with Crippen LogP contribution in [0.4, 0.5) is 0 Å². The maximum atomic E-state index is 6.63. The lowest BCUT2D eigenvalue weighted by molar-refractivity contribution is 0.120. The average Bonchev–Trinajstić information content (AvgIpc) is 2.88. The van der Waals surface area contributed by atoms with Crippen LogP contribution in [0.3, 0.4) is 0 Å². The molecule has 3 unspecified atom stereocenters. The predicted molar refractivity (Wildman–Crippen MR) is 77.0 cm³/mol. The van der Waals surface area contributed by atoms with Crippen LogP contribution in [0.25, 0.3) is 0 Å². The molecule has 0 aliphatic carbocycles. The molecule has 2 heterocycles. The fourth-order valence-corrected chi connectivity index (χ4v) is 3.44. The lowest BCUT2D eigenvalue weighted by Gasteiger charge is -2.17. The van der Waals surface area contributed by atoms with Gasteiger partial charge in [0.25, 0.3) is 0 Å². The van der Waals surface area contributed by atoms with Crippen molar-refractivity contribution < 1.29 is 9.47 Å². The van der Waals surface area contributed by atoms with Crippen molar-refractivity contribution in [2.24, 2.45) is 5.92 Å². The number of hydrogen-bond acceptors (Lipinski definition) is 2. The van der Waals surface area contributed by atoms with Crippen LogP contribution in [-0.2, 0) is 11.2 Å². The van der Waals surface area contributed by atoms with E-state index in [-0.39, 0.29) is 11.0 Å². The Bertz CT molecular complexity index is 484. The summed E-state index contributed by atoms with van der Waals surface area (Å²) in [6.07, 6.45) is 2.34. The van der Waals surface area contributed by atoms with Gasteiger partial charge in [-0.1, -0.05) is 12.1 Å². The topological polar surface area (TPSA) is 18.5 Å². The van der Waals surface area contributed by atoms with Crippen molar-refractivity contribution in [1.82, 2.24) is 0 Å². The number of fused-ring (bicyclic) bond motifs is 1. The van der Waals surface area contributed by atoms with E-state index in [1.54, 1.807) is 0 Å². The molecule has 0 aromatic heterocycles. The molecule has 0 saturated carbocycles. The fourth-order valence-electron chi connectivity index (χ4n) is 3.13. The second kappa shape index (κ2) is 4.68. The number of alkyl halides is 1. The fraction of sp³-hybridized carbons (Fsp3) is 0.625. The normalized spacial score (nSPS) is 29.9. The molecule has 1 aromatic carbocycles. The summed E-state index contributed by atoms with van der Waals surface area (Å²) in [5.41, 5.74) is 2.39. The smallest absolute Gasteiger partial charge is 0.123 e. The van der Waals surface area contributed by atoms with Crippen molar-refractivity contribution >= 4 is 11.6 Å². The van der Waals surface area contributed by atoms with Gasteiger partial charge in [-0.2, -0.15) is 0 Å². The first kappa shape index (κ1) is 13.3. The lowest BCUT2D eigenvalue weighted by atomic mass is 9.93. The van der Waals surface area contributed by atoms with Crippen molar-refractivity contribution in [2.75, 3.05) is 6.61 Å². The molecule has 19 heavy (non-hydrogen) atoms. The summed E-state index contributed by atoms with van der Waals surface area (Å²) in [6.45, 7) is 7.13. The van der Waals surface area contributed by atoms with Gasteiger partial charge in [0.1, 0.15) is 11.4 Å². The summed E-state index contributed by atoms with van der Waals surface area (Å²) in [7, 11) is 0. The van der Waals surface area contributed by atoms with Gasteiger partial charge in [0, 0.05) is 12.3 Å². The molecule has 3 rings (SSSR count). The molecule has 0 N–H and O–H groups in total. The standard InChI is InChI=1S/C16H21ClO2/c1-10-6-13(9-18-10)15(17)11-4-5-14-12(7-11)8-16(2,3)19-14/h4-5,7,10,13,15H,6,8-9H2,1-3H3. The van der Waals surface area contributed by atoms with E-state index in [9.17, 15) is 0 Å². The van der Waals surface area contributed by atoms with Gasteiger partial charge in [0.15, 0.2) is 0 Å². The minimum atomic E-state index is -0.0895. The predicted octanol–water partition coefficient (Wildman–Crippen LogP) is 4.11. The number of hydrogen-bond donors (Lipinski definition) is 0. The minimum Gasteiger partial charge on any atom is -0.487 e. The molecule has 1 saturated heterocycles. The molecular weight excluding hydrogens is 260 g/mol. The van der Waals surface area contributed by atoms with Crippen molar-refractivity contribution in [2.45, 2.75) is 50.7 Å². The maximum Gasteiger partial charge on any atom is 0.123 e. The number of benzene rings is 1. The first-order chi connectivity index (χ1) is 8.94. The molecule has 2 aliphatic rings. The van der Waals surface area contributed by atoms with Crippen LogP contribution >= 0.6 is 11.6 Å². The van der Waals surface area contributed by atoms with E-state index in [2.05, 4.69) is 39.0 Å². The zero-order chi connectivity index (χ0) is 13.6. The number of rotatable bonds is 2. The highest BCUT2D eigenvalue weighted by molar-refractivity contribution is 6.21. The molecule has 104 valence electrons. The summed E-state index contributed by atoms with van der Waals surface area (Å²) in [5.74, 6) is 1.43. The van der Waals surface area contributed by atoms with Gasteiger partial charge in [0.2, 0.25) is 0 Å². The minimum absolute atomic E-state index is 0.0407. The van der Waals surface area contributed by atoms with E-state index in [1.807, 2.05) is 0 Å². The SMILES string of the molecule is CC1CC(C(Cl)c2ccc3c(c2)CC(C)(C)O3)CO1. The van der Waals surface area contributed by atoms with Gasteiger partial charge in [0.05, 0.1) is 18.1 Å². The Labute approximate surface area is 120 Å². The molecule has 3 heteroatoms. The van der Waals surface area contributed by atoms with Crippen LogP contribution in [0.5, 0.6) is 5.75 Å². The van der Waals surface area contributed by atoms with Crippen LogP contribution in [0.2, 0.25) is 0 Å². The third kappa shape index (κ3) is 2.61. The Morgan fingerprint density at radius 2 is 2.16 bits per heavy atom. The zero-order valence-electron chi connectivity index (χ0n) is 11.8. The highest BCUT2D eigenvalue weighted by Crippen LogP contribution is 2.41. The Kier molecular flexibility index (Phi) is 3.26. The van der Waals surface area contributed by atoms with E-state index >= 15 is 0 Å². The molecule has 0 amide bonds. The molecule has 0 radical (unpaired) electrons. The van der Waals surface area contributed by atoms with Crippen LogP contribution in [-0.4, -0.2) is 18.3 Å². The summed E-state index contributed by atoms with van der Waals surface area (Å²) in [5, 5.41) is 0.0407. The van der Waals surface area contributed by atoms with E-state index in [0.29, 0.717) is 12.0 Å². The monoisotopic (exact) mass is 280 g/mol. The van der Waals surface area contributed by atoms with Gasteiger partial charge in [-0.25, -0.2) is 0 Å². The van der Waals surface area contributed by atoms with Gasteiger partial charge in [-0.3, -0.25) is 0 Å². The maximum absolute atomic E-state index is 6.63. The van der Waals surface area contributed by atoms with Gasteiger partial charge < -0.3 is 9.47 Å². The summed E-state index contributed by atoms with van der Waals surface area (Å²) < 4.78 is 11.5. The van der Waals surface area contributed by atoms with Crippen molar-refractivity contribution in [1.29, 1.82) is 0 Å². The van der Waals surface area contributed by atoms with Gasteiger partial charge in [-0.15, -0.1) is 11.6 Å². The van der Waals surface area contributed by atoms with Crippen molar-refractivity contribution in [3.63, 3.8) is 0 Å². The third-order valence-electron chi connectivity index (χ3n) is 4.05. The largest absolute Gasteiger partial charge is 0.487 e. The second-order valence-corrected chi connectivity index (χ2v) is 6.92. The van der Waals surface area contributed by atoms with Crippen LogP contribution in [0.15, 0.2) is 18.2 Å². The Hall–Kier alpha value is -0.730.